The predicted octanol–water partition coefficient (Wildman–Crippen LogP) is 2.13. The summed E-state index contributed by atoms with van der Waals surface area (Å²) in [6.07, 6.45) is 1.11. The van der Waals surface area contributed by atoms with Crippen molar-refractivity contribution in [2.24, 2.45) is 0 Å². The van der Waals surface area contributed by atoms with Crippen molar-refractivity contribution in [3.8, 4) is 0 Å². The molecule has 20 heavy (non-hydrogen) atoms. The van der Waals surface area contributed by atoms with E-state index < -0.39 is 20.5 Å². The van der Waals surface area contributed by atoms with Crippen LogP contribution in [0.1, 0.15) is 24.2 Å². The Morgan fingerprint density at radius 2 is 1.90 bits per heavy atom. The van der Waals surface area contributed by atoms with Gasteiger partial charge in [-0.1, -0.05) is 23.2 Å². The highest BCUT2D eigenvalue weighted by Crippen LogP contribution is 2.28. The molecule has 1 rings (SSSR count). The minimum absolute atomic E-state index is 0.0482. The molecule has 0 unspecified atom stereocenters. The third-order valence-corrected chi connectivity index (χ3v) is 5.93. The van der Waals surface area contributed by atoms with Crippen molar-refractivity contribution in [3.05, 3.63) is 27.7 Å². The molecule has 8 heteroatoms. The van der Waals surface area contributed by atoms with E-state index in [9.17, 15) is 13.2 Å². The quantitative estimate of drug-likeness (QED) is 0.823. The van der Waals surface area contributed by atoms with E-state index in [1.165, 1.54) is 26.0 Å². The number of carbonyl (C=O) groups is 1. The Hall–Kier alpha value is -0.980. The number of nitrogen functional groups attached to an aromatic ring is 1. The fraction of sp³-hybridized carbons (Fsp3) is 0.417. The summed E-state index contributed by atoms with van der Waals surface area (Å²) < 4.78 is 22.0. The Morgan fingerprint density at radius 3 is 2.40 bits per heavy atom. The van der Waals surface area contributed by atoms with E-state index in [0.29, 0.717) is 5.69 Å². The third-order valence-electron chi connectivity index (χ3n) is 2.97. The first-order valence-electron chi connectivity index (χ1n) is 5.68. The summed E-state index contributed by atoms with van der Waals surface area (Å²) in [5.41, 5.74) is 6.01. The first-order valence-corrected chi connectivity index (χ1v) is 8.33. The van der Waals surface area contributed by atoms with E-state index in [1.807, 2.05) is 0 Å². The van der Waals surface area contributed by atoms with Crippen LogP contribution in [0.25, 0.3) is 0 Å². The van der Waals surface area contributed by atoms with Crippen LogP contribution in [0, 0.1) is 0 Å². The molecule has 0 aliphatic carbocycles. The number of benzene rings is 1. The number of hydrogen-bond donors (Lipinski definition) is 2. The van der Waals surface area contributed by atoms with E-state index in [2.05, 4.69) is 5.32 Å². The van der Waals surface area contributed by atoms with Gasteiger partial charge in [-0.3, -0.25) is 4.79 Å². The molecule has 0 spiro atoms. The van der Waals surface area contributed by atoms with Gasteiger partial charge in [0.2, 0.25) is 0 Å². The number of sulfone groups is 1. The number of hydrogen-bond acceptors (Lipinski definition) is 4. The van der Waals surface area contributed by atoms with Crippen molar-refractivity contribution < 1.29 is 13.2 Å². The standard InChI is InChI=1S/C12H16Cl2N2O3S/c1-12(2,20(3,18)19)6-16-11(17)8-4-7(15)5-9(13)10(8)14/h4-5H,6,15H2,1-3H3,(H,16,17). The second kappa shape index (κ2) is 5.79. The van der Waals surface area contributed by atoms with Crippen molar-refractivity contribution in [3.63, 3.8) is 0 Å². The highest BCUT2D eigenvalue weighted by Gasteiger charge is 2.30. The van der Waals surface area contributed by atoms with Crippen molar-refractivity contribution in [2.45, 2.75) is 18.6 Å². The lowest BCUT2D eigenvalue weighted by Gasteiger charge is -2.23. The monoisotopic (exact) mass is 338 g/mol. The number of amides is 1. The van der Waals surface area contributed by atoms with Crippen molar-refractivity contribution in [1.82, 2.24) is 5.32 Å². The lowest BCUT2D eigenvalue weighted by atomic mass is 10.1. The average molecular weight is 339 g/mol. The molecule has 0 atom stereocenters. The Morgan fingerprint density at radius 1 is 1.35 bits per heavy atom. The highest BCUT2D eigenvalue weighted by molar-refractivity contribution is 7.92. The SMILES string of the molecule is CC(C)(CNC(=O)c1cc(N)cc(Cl)c1Cl)S(C)(=O)=O. The van der Waals surface area contributed by atoms with Crippen LogP contribution in [0.5, 0.6) is 0 Å². The van der Waals surface area contributed by atoms with Gasteiger partial charge in [0.05, 0.1) is 20.4 Å². The molecule has 1 aromatic rings. The van der Waals surface area contributed by atoms with Gasteiger partial charge in [0.1, 0.15) is 0 Å². The molecule has 0 bridgehead atoms. The summed E-state index contributed by atoms with van der Waals surface area (Å²) in [6, 6.07) is 2.82. The minimum Gasteiger partial charge on any atom is -0.399 e. The fourth-order valence-electron chi connectivity index (χ4n) is 1.29. The van der Waals surface area contributed by atoms with E-state index in [-0.39, 0.29) is 22.2 Å². The summed E-state index contributed by atoms with van der Waals surface area (Å²) in [4.78, 5) is 12.0. The van der Waals surface area contributed by atoms with Crippen molar-refractivity contribution in [1.29, 1.82) is 0 Å². The molecule has 0 saturated carbocycles. The number of nitrogens with one attached hydrogen (secondary N) is 1. The summed E-state index contributed by atoms with van der Waals surface area (Å²) >= 11 is 11.8. The van der Waals surface area contributed by atoms with Gasteiger partial charge in [-0.05, 0) is 26.0 Å². The maximum absolute atomic E-state index is 12.0. The number of nitrogens with two attached hydrogens (primary N) is 1. The zero-order chi connectivity index (χ0) is 15.7. The Balaban J connectivity index is 2.94. The molecule has 3 N–H and O–H groups in total. The zero-order valence-corrected chi connectivity index (χ0v) is 13.7. The van der Waals surface area contributed by atoms with Crippen LogP contribution in [0.4, 0.5) is 5.69 Å². The molecule has 0 aromatic heterocycles. The normalized spacial score (nSPS) is 12.2. The molecule has 1 aromatic carbocycles. The van der Waals surface area contributed by atoms with E-state index >= 15 is 0 Å². The molecule has 0 aliphatic heterocycles. The fourth-order valence-corrected chi connectivity index (χ4v) is 2.05. The van der Waals surface area contributed by atoms with Crippen LogP contribution in [-0.2, 0) is 9.84 Å². The van der Waals surface area contributed by atoms with E-state index in [1.54, 1.807) is 0 Å². The van der Waals surface area contributed by atoms with Crippen molar-refractivity contribution >= 4 is 44.6 Å². The summed E-state index contributed by atoms with van der Waals surface area (Å²) in [5, 5.41) is 2.77. The van der Waals surface area contributed by atoms with Crippen LogP contribution in [0.15, 0.2) is 12.1 Å². The Bertz CT molecular complexity index is 642. The number of rotatable bonds is 4. The molecule has 0 radical (unpaired) electrons. The van der Waals surface area contributed by atoms with Crippen LogP contribution >= 0.6 is 23.2 Å². The van der Waals surface area contributed by atoms with Gasteiger partial charge in [-0.2, -0.15) is 0 Å². The predicted molar refractivity (Wildman–Crippen MR) is 82.1 cm³/mol. The molecule has 1 amide bonds. The molecule has 0 saturated heterocycles. The van der Waals surface area contributed by atoms with Gasteiger partial charge in [0, 0.05) is 18.5 Å². The summed E-state index contributed by atoms with van der Waals surface area (Å²) in [5.74, 6) is -0.527. The summed E-state index contributed by atoms with van der Waals surface area (Å²) in [7, 11) is -3.31. The number of anilines is 1. The first kappa shape index (κ1) is 17.1. The van der Waals surface area contributed by atoms with Gasteiger partial charge >= 0.3 is 0 Å². The Labute approximate surface area is 128 Å². The molecular weight excluding hydrogens is 323 g/mol. The van der Waals surface area contributed by atoms with Gasteiger partial charge in [-0.15, -0.1) is 0 Å². The second-order valence-electron chi connectivity index (χ2n) is 5.08. The maximum atomic E-state index is 12.0. The largest absolute Gasteiger partial charge is 0.399 e. The van der Waals surface area contributed by atoms with Crippen LogP contribution in [0.3, 0.4) is 0 Å². The van der Waals surface area contributed by atoms with Gasteiger partial charge in [0.15, 0.2) is 9.84 Å². The van der Waals surface area contributed by atoms with Gasteiger partial charge in [0.25, 0.3) is 5.91 Å². The number of halogens is 2. The van der Waals surface area contributed by atoms with Crippen molar-refractivity contribution in [2.75, 3.05) is 18.5 Å². The molecule has 0 fully saturated rings. The second-order valence-corrected chi connectivity index (χ2v) is 8.51. The van der Waals surface area contributed by atoms with Gasteiger partial charge in [-0.25, -0.2) is 8.42 Å². The topological polar surface area (TPSA) is 89.3 Å². The van der Waals surface area contributed by atoms with E-state index in [4.69, 9.17) is 28.9 Å². The van der Waals surface area contributed by atoms with Crippen LogP contribution in [-0.4, -0.2) is 31.9 Å². The maximum Gasteiger partial charge on any atom is 0.252 e. The van der Waals surface area contributed by atoms with E-state index in [0.717, 1.165) is 6.26 Å². The molecule has 112 valence electrons. The van der Waals surface area contributed by atoms with Crippen LogP contribution < -0.4 is 11.1 Å². The highest BCUT2D eigenvalue weighted by atomic mass is 35.5. The lowest BCUT2D eigenvalue weighted by Crippen LogP contribution is -2.43. The molecular formula is C12H16Cl2N2O3S. The molecule has 5 nitrogen and oxygen atoms in total. The Kier molecular flexibility index (Phi) is 4.94. The zero-order valence-electron chi connectivity index (χ0n) is 11.3. The third kappa shape index (κ3) is 3.77. The van der Waals surface area contributed by atoms with Gasteiger partial charge < -0.3 is 11.1 Å². The molecule has 0 heterocycles. The number of carbonyl (C=O) groups excluding carboxylic acids is 1. The lowest BCUT2D eigenvalue weighted by molar-refractivity contribution is 0.0950. The minimum atomic E-state index is -3.31. The first-order chi connectivity index (χ1) is 8.95. The summed E-state index contributed by atoms with van der Waals surface area (Å²) in [6.45, 7) is 3.00. The smallest absolute Gasteiger partial charge is 0.252 e. The molecule has 0 aliphatic rings. The van der Waals surface area contributed by atoms with Crippen LogP contribution in [0.2, 0.25) is 10.0 Å². The average Bonchev–Trinajstić information content (AvgIpc) is 2.29.